The van der Waals surface area contributed by atoms with Gasteiger partial charge in [-0.3, -0.25) is 13.9 Å². The van der Waals surface area contributed by atoms with Gasteiger partial charge in [-0.15, -0.1) is 0 Å². The first-order valence-corrected chi connectivity index (χ1v) is 13.3. The topological polar surface area (TPSA) is 96.0 Å². The fourth-order valence-electron chi connectivity index (χ4n) is 3.51. The molecule has 2 aromatic carbocycles. The van der Waals surface area contributed by atoms with Gasteiger partial charge in [0.25, 0.3) is 0 Å². The zero-order chi connectivity index (χ0) is 26.2. The number of carbonyl (C=O) groups is 2. The molecule has 2 atom stereocenters. The fourth-order valence-corrected chi connectivity index (χ4v) is 4.36. The van der Waals surface area contributed by atoms with Crippen LogP contribution in [0.3, 0.4) is 0 Å². The molecule has 0 unspecified atom stereocenters. The average molecular weight is 508 g/mol. The Labute approximate surface area is 207 Å². The molecular formula is C25H34FN3O5S. The number of ether oxygens (including phenoxy) is 1. The molecule has 0 bridgehead atoms. The zero-order valence-corrected chi connectivity index (χ0v) is 21.6. The van der Waals surface area contributed by atoms with Gasteiger partial charge in [-0.2, -0.15) is 0 Å². The molecule has 0 saturated carbocycles. The Morgan fingerprint density at radius 3 is 2.11 bits per heavy atom. The van der Waals surface area contributed by atoms with Gasteiger partial charge in [0, 0.05) is 12.6 Å². The van der Waals surface area contributed by atoms with Crippen molar-refractivity contribution < 1.29 is 27.1 Å². The molecule has 0 aliphatic carbocycles. The summed E-state index contributed by atoms with van der Waals surface area (Å²) in [5, 5.41) is 2.90. The predicted molar refractivity (Wildman–Crippen MR) is 134 cm³/mol. The number of sulfonamides is 1. The Hall–Kier alpha value is -3.14. The molecule has 1 N–H and O–H groups in total. The lowest BCUT2D eigenvalue weighted by atomic mass is 10.1. The highest BCUT2D eigenvalue weighted by Gasteiger charge is 2.32. The third-order valence-corrected chi connectivity index (χ3v) is 6.83. The molecule has 2 rings (SSSR count). The van der Waals surface area contributed by atoms with E-state index in [0.29, 0.717) is 29.8 Å². The van der Waals surface area contributed by atoms with Crippen LogP contribution in [0.2, 0.25) is 0 Å². The molecule has 0 radical (unpaired) electrons. The summed E-state index contributed by atoms with van der Waals surface area (Å²) in [6.45, 7) is 5.10. The summed E-state index contributed by atoms with van der Waals surface area (Å²) >= 11 is 0. The quantitative estimate of drug-likeness (QED) is 0.476. The first-order valence-electron chi connectivity index (χ1n) is 11.5. The molecule has 0 fully saturated rings. The molecule has 35 heavy (non-hydrogen) atoms. The molecular weight excluding hydrogens is 473 g/mol. The number of hydrogen-bond donors (Lipinski definition) is 1. The van der Waals surface area contributed by atoms with E-state index in [9.17, 15) is 22.4 Å². The normalized spacial score (nSPS) is 13.0. The highest BCUT2D eigenvalue weighted by Crippen LogP contribution is 2.22. The van der Waals surface area contributed by atoms with Crippen LogP contribution in [0, 0.1) is 5.82 Å². The minimum atomic E-state index is -3.83. The standard InChI is InChI=1S/C25H34FN3O5S/c1-6-18(3)27-25(31)23(7-2)28(16-19-8-10-20(26)11-9-19)24(30)17-29(35(5,32)33)21-12-14-22(34-4)15-13-21/h8-15,18,23H,6-7,16-17H2,1-5H3,(H,27,31)/t18-,23-/m0/s1. The van der Waals surface area contributed by atoms with E-state index in [1.54, 1.807) is 31.2 Å². The zero-order valence-electron chi connectivity index (χ0n) is 20.8. The third-order valence-electron chi connectivity index (χ3n) is 5.69. The van der Waals surface area contributed by atoms with Crippen molar-refractivity contribution in [1.29, 1.82) is 0 Å². The highest BCUT2D eigenvalue weighted by molar-refractivity contribution is 7.92. The van der Waals surface area contributed by atoms with E-state index >= 15 is 0 Å². The van der Waals surface area contributed by atoms with E-state index in [0.717, 1.165) is 10.6 Å². The second kappa shape index (κ2) is 12.5. The number of amides is 2. The number of rotatable bonds is 12. The molecule has 0 aliphatic rings. The number of halogens is 1. The summed E-state index contributed by atoms with van der Waals surface area (Å²) in [7, 11) is -2.33. The van der Waals surface area contributed by atoms with E-state index in [4.69, 9.17) is 4.74 Å². The second-order valence-corrected chi connectivity index (χ2v) is 10.3. The first kappa shape index (κ1) is 28.1. The Morgan fingerprint density at radius 1 is 1.03 bits per heavy atom. The Kier molecular flexibility index (Phi) is 10.1. The van der Waals surface area contributed by atoms with Gasteiger partial charge in [0.05, 0.1) is 19.1 Å². The number of carbonyl (C=O) groups excluding carboxylic acids is 2. The van der Waals surface area contributed by atoms with Crippen LogP contribution < -0.4 is 14.4 Å². The lowest BCUT2D eigenvalue weighted by Gasteiger charge is -2.33. The molecule has 2 aromatic rings. The minimum Gasteiger partial charge on any atom is -0.497 e. The molecule has 2 amide bonds. The van der Waals surface area contributed by atoms with Gasteiger partial charge < -0.3 is 15.0 Å². The summed E-state index contributed by atoms with van der Waals surface area (Å²) in [4.78, 5) is 28.0. The van der Waals surface area contributed by atoms with Crippen molar-refractivity contribution in [3.8, 4) is 5.75 Å². The van der Waals surface area contributed by atoms with Crippen LogP contribution in [0.5, 0.6) is 5.75 Å². The molecule has 0 saturated heterocycles. The van der Waals surface area contributed by atoms with Gasteiger partial charge in [-0.1, -0.05) is 26.0 Å². The van der Waals surface area contributed by atoms with Crippen LogP contribution in [-0.4, -0.2) is 57.1 Å². The largest absolute Gasteiger partial charge is 0.497 e. The lowest BCUT2D eigenvalue weighted by Crippen LogP contribution is -2.53. The summed E-state index contributed by atoms with van der Waals surface area (Å²) in [5.74, 6) is -0.760. The molecule has 0 spiro atoms. The number of anilines is 1. The molecule has 0 aromatic heterocycles. The maximum Gasteiger partial charge on any atom is 0.244 e. The minimum absolute atomic E-state index is 0.0196. The Bertz CT molecular complexity index is 1090. The first-order chi connectivity index (χ1) is 16.5. The molecule has 0 heterocycles. The summed E-state index contributed by atoms with van der Waals surface area (Å²) in [6.07, 6.45) is 2.05. The predicted octanol–water partition coefficient (Wildman–Crippen LogP) is 3.32. The monoisotopic (exact) mass is 507 g/mol. The van der Waals surface area contributed by atoms with Gasteiger partial charge in [0.2, 0.25) is 21.8 Å². The third kappa shape index (κ3) is 7.95. The number of benzene rings is 2. The lowest BCUT2D eigenvalue weighted by molar-refractivity contribution is -0.140. The second-order valence-electron chi connectivity index (χ2n) is 8.36. The van der Waals surface area contributed by atoms with Crippen molar-refractivity contribution in [2.24, 2.45) is 0 Å². The van der Waals surface area contributed by atoms with Crippen molar-refractivity contribution in [1.82, 2.24) is 10.2 Å². The van der Waals surface area contributed by atoms with Gasteiger partial charge in [-0.25, -0.2) is 12.8 Å². The average Bonchev–Trinajstić information content (AvgIpc) is 2.82. The number of nitrogens with zero attached hydrogens (tertiary/aromatic N) is 2. The maximum atomic E-state index is 13.6. The Morgan fingerprint density at radius 2 is 1.63 bits per heavy atom. The van der Waals surface area contributed by atoms with E-state index in [1.807, 2.05) is 13.8 Å². The van der Waals surface area contributed by atoms with Gasteiger partial charge in [0.15, 0.2) is 0 Å². The van der Waals surface area contributed by atoms with Crippen LogP contribution in [0.4, 0.5) is 10.1 Å². The van der Waals surface area contributed by atoms with Crippen LogP contribution in [0.1, 0.15) is 39.2 Å². The van der Waals surface area contributed by atoms with Gasteiger partial charge in [0.1, 0.15) is 24.2 Å². The van der Waals surface area contributed by atoms with Crippen LogP contribution in [0.15, 0.2) is 48.5 Å². The summed E-state index contributed by atoms with van der Waals surface area (Å²) in [5.41, 5.74) is 0.908. The van der Waals surface area contributed by atoms with Crippen LogP contribution in [-0.2, 0) is 26.2 Å². The molecule has 0 aliphatic heterocycles. The van der Waals surface area contributed by atoms with Crippen molar-refractivity contribution in [3.05, 3.63) is 59.9 Å². The van der Waals surface area contributed by atoms with Gasteiger partial charge >= 0.3 is 0 Å². The number of methoxy groups -OCH3 is 1. The van der Waals surface area contributed by atoms with Crippen molar-refractivity contribution in [2.45, 2.75) is 52.2 Å². The van der Waals surface area contributed by atoms with E-state index < -0.39 is 34.3 Å². The van der Waals surface area contributed by atoms with E-state index in [1.165, 1.54) is 36.3 Å². The number of nitrogens with one attached hydrogen (secondary N) is 1. The SMILES string of the molecule is CC[C@H](C)NC(=O)[C@H](CC)N(Cc1ccc(F)cc1)C(=O)CN(c1ccc(OC)cc1)S(C)(=O)=O. The van der Waals surface area contributed by atoms with E-state index in [-0.39, 0.29) is 18.5 Å². The molecule has 8 nitrogen and oxygen atoms in total. The molecule has 192 valence electrons. The summed E-state index contributed by atoms with van der Waals surface area (Å²) < 4.78 is 44.8. The van der Waals surface area contributed by atoms with E-state index in [2.05, 4.69) is 5.32 Å². The fraction of sp³-hybridized carbons (Fsp3) is 0.440. The van der Waals surface area contributed by atoms with Crippen LogP contribution >= 0.6 is 0 Å². The maximum absolute atomic E-state index is 13.6. The van der Waals surface area contributed by atoms with Crippen molar-refractivity contribution in [2.75, 3.05) is 24.2 Å². The van der Waals surface area contributed by atoms with Gasteiger partial charge in [-0.05, 0) is 61.7 Å². The van der Waals surface area contributed by atoms with Crippen molar-refractivity contribution >= 4 is 27.5 Å². The van der Waals surface area contributed by atoms with Crippen LogP contribution in [0.25, 0.3) is 0 Å². The Balaban J connectivity index is 2.42. The molecule has 10 heteroatoms. The highest BCUT2D eigenvalue weighted by atomic mass is 32.2. The number of hydrogen-bond acceptors (Lipinski definition) is 5. The summed E-state index contributed by atoms with van der Waals surface area (Å²) in [6, 6.07) is 11.0. The van der Waals surface area contributed by atoms with Crippen molar-refractivity contribution in [3.63, 3.8) is 0 Å². The smallest absolute Gasteiger partial charge is 0.244 e.